The molecule has 23 heavy (non-hydrogen) atoms. The molecule has 0 fully saturated rings. The van der Waals surface area contributed by atoms with E-state index < -0.39 is 0 Å². The molecule has 3 rings (SSSR count). The van der Waals surface area contributed by atoms with Crippen molar-refractivity contribution in [1.29, 1.82) is 0 Å². The largest absolute Gasteiger partial charge is 1.00 e. The normalized spacial score (nSPS) is 15.3. The summed E-state index contributed by atoms with van der Waals surface area (Å²) in [6, 6.07) is 17.4. The minimum Gasteiger partial charge on any atom is -1.00 e. The highest BCUT2D eigenvalue weighted by Gasteiger charge is 2.42. The first-order valence-corrected chi connectivity index (χ1v) is 8.75. The molecule has 0 aliphatic carbocycles. The Bertz CT molecular complexity index is 720. The zero-order valence-corrected chi connectivity index (χ0v) is 17.7. The Labute approximate surface area is 165 Å². The van der Waals surface area contributed by atoms with Gasteiger partial charge in [-0.15, -0.1) is 0 Å². The standard InChI is InChI=1S/C20H23BrN.HI/c1-15-20(2,3)18-14-17(21)11-12-19(18)22(15)13-7-10-16-8-5-4-6-9-16;/h4-6,8-9,11-12,14H,7,10,13H2,1-3H3;1H/q+1;/p-1. The monoisotopic (exact) mass is 483 g/mol. The van der Waals surface area contributed by atoms with Crippen LogP contribution in [0, 0.1) is 0 Å². The molecule has 1 aliphatic rings. The predicted octanol–water partition coefficient (Wildman–Crippen LogP) is 2.48. The van der Waals surface area contributed by atoms with Crippen molar-refractivity contribution in [1.82, 2.24) is 0 Å². The summed E-state index contributed by atoms with van der Waals surface area (Å²) >= 11 is 3.61. The molecule has 0 amide bonds. The van der Waals surface area contributed by atoms with E-state index in [0.717, 1.165) is 13.0 Å². The molecule has 0 bridgehead atoms. The molecule has 122 valence electrons. The minimum absolute atomic E-state index is 0. The molecule has 0 atom stereocenters. The van der Waals surface area contributed by atoms with Gasteiger partial charge in [0.25, 0.3) is 0 Å². The maximum absolute atomic E-state index is 3.61. The maximum Gasteiger partial charge on any atom is 0.209 e. The van der Waals surface area contributed by atoms with Gasteiger partial charge in [-0.3, -0.25) is 0 Å². The fraction of sp³-hybridized carbons (Fsp3) is 0.350. The van der Waals surface area contributed by atoms with Gasteiger partial charge in [-0.25, -0.2) is 0 Å². The van der Waals surface area contributed by atoms with E-state index in [1.165, 1.54) is 33.4 Å². The highest BCUT2D eigenvalue weighted by molar-refractivity contribution is 9.10. The molecule has 0 radical (unpaired) electrons. The van der Waals surface area contributed by atoms with Crippen LogP contribution in [0.5, 0.6) is 0 Å². The third-order valence-corrected chi connectivity index (χ3v) is 5.42. The van der Waals surface area contributed by atoms with Gasteiger partial charge in [0.1, 0.15) is 6.54 Å². The number of benzene rings is 2. The lowest BCUT2D eigenvalue weighted by molar-refractivity contribution is -0.439. The van der Waals surface area contributed by atoms with Gasteiger partial charge in [-0.2, -0.15) is 4.58 Å². The maximum atomic E-state index is 3.61. The van der Waals surface area contributed by atoms with Crippen LogP contribution >= 0.6 is 15.9 Å². The summed E-state index contributed by atoms with van der Waals surface area (Å²) in [6.45, 7) is 8.00. The Morgan fingerprint density at radius 1 is 1.04 bits per heavy atom. The summed E-state index contributed by atoms with van der Waals surface area (Å²) in [6.07, 6.45) is 2.31. The number of halogens is 2. The molecule has 1 aliphatic heterocycles. The predicted molar refractivity (Wildman–Crippen MR) is 97.4 cm³/mol. The van der Waals surface area contributed by atoms with Crippen molar-refractivity contribution in [3.8, 4) is 0 Å². The molecule has 0 saturated carbocycles. The molecule has 2 aromatic rings. The molecule has 1 heterocycles. The van der Waals surface area contributed by atoms with Gasteiger partial charge in [0.2, 0.25) is 5.69 Å². The topological polar surface area (TPSA) is 3.01 Å². The minimum atomic E-state index is 0. The molecular formula is C20H23BrIN. The van der Waals surface area contributed by atoms with Crippen molar-refractivity contribution < 1.29 is 28.6 Å². The van der Waals surface area contributed by atoms with E-state index >= 15 is 0 Å². The second kappa shape index (κ2) is 7.47. The van der Waals surface area contributed by atoms with E-state index in [9.17, 15) is 0 Å². The molecular weight excluding hydrogens is 461 g/mol. The Hall–Kier alpha value is -0.680. The zero-order valence-electron chi connectivity index (χ0n) is 13.9. The first-order chi connectivity index (χ1) is 10.5. The van der Waals surface area contributed by atoms with Crippen LogP contribution in [0.25, 0.3) is 0 Å². The van der Waals surface area contributed by atoms with Gasteiger partial charge in [-0.05, 0) is 38.0 Å². The van der Waals surface area contributed by atoms with Crippen molar-refractivity contribution in [3.05, 3.63) is 64.1 Å². The molecule has 3 heteroatoms. The van der Waals surface area contributed by atoms with Gasteiger partial charge < -0.3 is 24.0 Å². The molecule has 0 unspecified atom stereocenters. The highest BCUT2D eigenvalue weighted by Crippen LogP contribution is 2.40. The van der Waals surface area contributed by atoms with Crippen molar-refractivity contribution in [2.75, 3.05) is 6.54 Å². The summed E-state index contributed by atoms with van der Waals surface area (Å²) < 4.78 is 3.67. The fourth-order valence-corrected chi connectivity index (χ4v) is 3.69. The molecule has 0 aromatic heterocycles. The SMILES string of the molecule is CC1=[N+](CCCc2ccccc2)c2ccc(Br)cc2C1(C)C.[I-]. The quantitative estimate of drug-likeness (QED) is 0.464. The van der Waals surface area contributed by atoms with Crippen molar-refractivity contribution in [2.45, 2.75) is 39.0 Å². The summed E-state index contributed by atoms with van der Waals surface area (Å²) in [4.78, 5) is 0. The van der Waals surface area contributed by atoms with Gasteiger partial charge in [-0.1, -0.05) is 46.3 Å². The molecule has 2 aromatic carbocycles. The summed E-state index contributed by atoms with van der Waals surface area (Å²) in [7, 11) is 0. The second-order valence-corrected chi connectivity index (χ2v) is 7.53. The second-order valence-electron chi connectivity index (χ2n) is 6.61. The van der Waals surface area contributed by atoms with Crippen LogP contribution in [0.4, 0.5) is 5.69 Å². The van der Waals surface area contributed by atoms with Crippen LogP contribution in [0.2, 0.25) is 0 Å². The van der Waals surface area contributed by atoms with E-state index in [2.05, 4.69) is 89.8 Å². The van der Waals surface area contributed by atoms with Crippen LogP contribution < -0.4 is 24.0 Å². The van der Waals surface area contributed by atoms with Crippen molar-refractivity contribution in [2.24, 2.45) is 0 Å². The number of rotatable bonds is 4. The summed E-state index contributed by atoms with van der Waals surface area (Å²) in [5, 5.41) is 0. The van der Waals surface area contributed by atoms with Crippen LogP contribution in [0.15, 0.2) is 53.0 Å². The van der Waals surface area contributed by atoms with E-state index in [1.807, 2.05) is 0 Å². The average Bonchev–Trinajstić information content (AvgIpc) is 2.69. The first-order valence-electron chi connectivity index (χ1n) is 7.95. The number of hydrogen-bond donors (Lipinski definition) is 0. The van der Waals surface area contributed by atoms with Gasteiger partial charge in [0, 0.05) is 29.4 Å². The first kappa shape index (κ1) is 18.7. The lowest BCUT2D eigenvalue weighted by atomic mass is 9.82. The highest BCUT2D eigenvalue weighted by atomic mass is 127. The molecule has 0 spiro atoms. The Morgan fingerprint density at radius 3 is 2.43 bits per heavy atom. The summed E-state index contributed by atoms with van der Waals surface area (Å²) in [5.74, 6) is 0. The van der Waals surface area contributed by atoms with Crippen LogP contribution in [0.1, 0.15) is 38.3 Å². The smallest absolute Gasteiger partial charge is 0.209 e. The third-order valence-electron chi connectivity index (χ3n) is 4.92. The van der Waals surface area contributed by atoms with E-state index in [0.29, 0.717) is 0 Å². The van der Waals surface area contributed by atoms with Crippen LogP contribution in [0.3, 0.4) is 0 Å². The number of aryl methyl sites for hydroxylation is 1. The van der Waals surface area contributed by atoms with Gasteiger partial charge >= 0.3 is 0 Å². The average molecular weight is 484 g/mol. The van der Waals surface area contributed by atoms with Gasteiger partial charge in [0.05, 0.1) is 5.41 Å². The number of fused-ring (bicyclic) bond motifs is 1. The fourth-order valence-electron chi connectivity index (χ4n) is 3.33. The number of nitrogens with zero attached hydrogens (tertiary/aromatic N) is 1. The van der Waals surface area contributed by atoms with Crippen LogP contribution in [-0.2, 0) is 11.8 Å². The Morgan fingerprint density at radius 2 is 1.74 bits per heavy atom. The lowest BCUT2D eigenvalue weighted by Gasteiger charge is -2.14. The van der Waals surface area contributed by atoms with Crippen LogP contribution in [-0.4, -0.2) is 16.8 Å². The van der Waals surface area contributed by atoms with E-state index in [-0.39, 0.29) is 29.4 Å². The number of hydrogen-bond acceptors (Lipinski definition) is 0. The molecule has 0 N–H and O–H groups in total. The van der Waals surface area contributed by atoms with Crippen molar-refractivity contribution >= 4 is 27.3 Å². The summed E-state index contributed by atoms with van der Waals surface area (Å²) in [5.41, 5.74) is 5.80. The van der Waals surface area contributed by atoms with Gasteiger partial charge in [0.15, 0.2) is 5.71 Å². The van der Waals surface area contributed by atoms with Crippen molar-refractivity contribution in [3.63, 3.8) is 0 Å². The van der Waals surface area contributed by atoms with E-state index in [4.69, 9.17) is 0 Å². The van der Waals surface area contributed by atoms with E-state index in [1.54, 1.807) is 0 Å². The molecule has 1 nitrogen and oxygen atoms in total. The lowest BCUT2D eigenvalue weighted by Crippen LogP contribution is -3.00. The third kappa shape index (κ3) is 3.71. The molecule has 0 saturated heterocycles. The Balaban J connectivity index is 0.00000192. The zero-order chi connectivity index (χ0) is 15.7. The Kier molecular flexibility index (Phi) is 6.06.